The van der Waals surface area contributed by atoms with E-state index in [1.165, 1.54) is 23.3 Å². The van der Waals surface area contributed by atoms with Crippen molar-refractivity contribution in [3.63, 3.8) is 0 Å². The van der Waals surface area contributed by atoms with Gasteiger partial charge in [-0.2, -0.15) is 0 Å². The van der Waals surface area contributed by atoms with Crippen LogP contribution in [0.5, 0.6) is 0 Å². The van der Waals surface area contributed by atoms with Crippen molar-refractivity contribution in [2.75, 3.05) is 5.32 Å². The summed E-state index contributed by atoms with van der Waals surface area (Å²) >= 11 is 1.39. The Balaban J connectivity index is 1.65. The molecule has 0 radical (unpaired) electrons. The van der Waals surface area contributed by atoms with E-state index in [1.807, 2.05) is 25.1 Å². The quantitative estimate of drug-likeness (QED) is 0.554. The number of nitrogens with zero attached hydrogens (tertiary/aromatic N) is 2. The molecule has 0 bridgehead atoms. The summed E-state index contributed by atoms with van der Waals surface area (Å²) in [7, 11) is 0. The van der Waals surface area contributed by atoms with Crippen LogP contribution in [0.3, 0.4) is 0 Å². The van der Waals surface area contributed by atoms with E-state index in [2.05, 4.69) is 28.3 Å². The summed E-state index contributed by atoms with van der Waals surface area (Å²) in [6.07, 6.45) is 7.97. The first kappa shape index (κ1) is 18.9. The Bertz CT molecular complexity index is 993. The number of aromatic nitrogens is 2. The van der Waals surface area contributed by atoms with Crippen molar-refractivity contribution in [2.45, 2.75) is 58.5 Å². The Morgan fingerprint density at radius 1 is 1.21 bits per heavy atom. The molecular weight excluding hydrogens is 370 g/mol. The molecule has 1 fully saturated rings. The Labute approximate surface area is 169 Å². The van der Waals surface area contributed by atoms with Gasteiger partial charge in [0.2, 0.25) is 0 Å². The zero-order valence-electron chi connectivity index (χ0n) is 16.3. The summed E-state index contributed by atoms with van der Waals surface area (Å²) in [6.45, 7) is 4.09. The SMILES string of the molecule is CCc1ccccc1Nc1ncnc2sc(C(=O)OC3CCCCC3)c(C)c12. The summed E-state index contributed by atoms with van der Waals surface area (Å²) in [4.78, 5) is 23.1. The third kappa shape index (κ3) is 3.74. The molecule has 5 nitrogen and oxygen atoms in total. The number of ether oxygens (including phenoxy) is 1. The molecule has 1 saturated carbocycles. The number of thiophene rings is 1. The van der Waals surface area contributed by atoms with E-state index in [0.29, 0.717) is 4.88 Å². The lowest BCUT2D eigenvalue weighted by molar-refractivity contribution is 0.0216. The van der Waals surface area contributed by atoms with Crippen molar-refractivity contribution in [3.05, 3.63) is 46.6 Å². The molecule has 146 valence electrons. The number of esters is 1. The molecule has 1 aliphatic rings. The van der Waals surface area contributed by atoms with E-state index in [0.717, 1.165) is 59.4 Å². The molecule has 1 aromatic carbocycles. The third-order valence-corrected chi connectivity index (χ3v) is 6.57. The van der Waals surface area contributed by atoms with Gasteiger partial charge in [0.15, 0.2) is 0 Å². The molecular formula is C22H25N3O2S. The fraction of sp³-hybridized carbons (Fsp3) is 0.409. The van der Waals surface area contributed by atoms with Crippen LogP contribution in [0.25, 0.3) is 10.2 Å². The number of anilines is 2. The van der Waals surface area contributed by atoms with Crippen LogP contribution in [0.4, 0.5) is 11.5 Å². The van der Waals surface area contributed by atoms with Gasteiger partial charge in [-0.25, -0.2) is 14.8 Å². The minimum atomic E-state index is -0.229. The lowest BCUT2D eigenvalue weighted by Gasteiger charge is -2.21. The number of hydrogen-bond donors (Lipinski definition) is 1. The number of carbonyl (C=O) groups is 1. The number of aryl methyl sites for hydroxylation is 2. The second kappa shape index (κ2) is 8.27. The van der Waals surface area contributed by atoms with Crippen molar-refractivity contribution in [1.82, 2.24) is 9.97 Å². The standard InChI is InChI=1S/C22H25N3O2S/c1-3-15-9-7-8-12-17(15)25-20-18-14(2)19(28-21(18)24-13-23-20)22(26)27-16-10-5-4-6-11-16/h7-9,12-13,16H,3-6,10-11H2,1-2H3,(H,23,24,25). The third-order valence-electron chi connectivity index (χ3n) is 5.39. The van der Waals surface area contributed by atoms with Crippen LogP contribution in [0.1, 0.15) is 59.8 Å². The van der Waals surface area contributed by atoms with Crippen LogP contribution in [0, 0.1) is 6.92 Å². The highest BCUT2D eigenvalue weighted by molar-refractivity contribution is 7.20. The largest absolute Gasteiger partial charge is 0.458 e. The van der Waals surface area contributed by atoms with E-state index in [4.69, 9.17) is 4.74 Å². The maximum absolute atomic E-state index is 12.8. The predicted molar refractivity (Wildman–Crippen MR) is 114 cm³/mol. The molecule has 0 spiro atoms. The zero-order valence-corrected chi connectivity index (χ0v) is 17.1. The first-order chi connectivity index (χ1) is 13.7. The second-order valence-corrected chi connectivity index (χ2v) is 8.26. The average molecular weight is 396 g/mol. The monoisotopic (exact) mass is 395 g/mol. The molecule has 6 heteroatoms. The number of benzene rings is 1. The summed E-state index contributed by atoms with van der Waals surface area (Å²) in [5.74, 6) is 0.503. The van der Waals surface area contributed by atoms with Gasteiger partial charge >= 0.3 is 5.97 Å². The van der Waals surface area contributed by atoms with Gasteiger partial charge in [-0.05, 0) is 56.2 Å². The van der Waals surface area contributed by atoms with Crippen LogP contribution >= 0.6 is 11.3 Å². The van der Waals surface area contributed by atoms with Crippen molar-refractivity contribution >= 4 is 39.0 Å². The minimum absolute atomic E-state index is 0.0472. The maximum atomic E-state index is 12.8. The van der Waals surface area contributed by atoms with Crippen LogP contribution in [0.15, 0.2) is 30.6 Å². The van der Waals surface area contributed by atoms with Crippen LogP contribution in [-0.4, -0.2) is 22.0 Å². The number of fused-ring (bicyclic) bond motifs is 1. The van der Waals surface area contributed by atoms with Crippen LogP contribution in [-0.2, 0) is 11.2 Å². The number of para-hydroxylation sites is 1. The summed E-state index contributed by atoms with van der Waals surface area (Å²) < 4.78 is 5.79. The van der Waals surface area contributed by atoms with Crippen molar-refractivity contribution < 1.29 is 9.53 Å². The average Bonchev–Trinajstić information content (AvgIpc) is 3.07. The molecule has 0 amide bonds. The molecule has 2 heterocycles. The zero-order chi connectivity index (χ0) is 19.5. The highest BCUT2D eigenvalue weighted by Gasteiger charge is 2.24. The van der Waals surface area contributed by atoms with Gasteiger partial charge in [0.1, 0.15) is 28.0 Å². The molecule has 0 saturated heterocycles. The van der Waals surface area contributed by atoms with E-state index in [9.17, 15) is 4.79 Å². The molecule has 0 aliphatic heterocycles. The Kier molecular flexibility index (Phi) is 5.57. The summed E-state index contributed by atoms with van der Waals surface area (Å²) in [5, 5.41) is 4.34. The van der Waals surface area contributed by atoms with Crippen LogP contribution < -0.4 is 5.32 Å². The molecule has 1 N–H and O–H groups in total. The summed E-state index contributed by atoms with van der Waals surface area (Å²) in [5.41, 5.74) is 3.14. The number of rotatable bonds is 5. The van der Waals surface area contributed by atoms with Gasteiger partial charge in [0, 0.05) is 5.69 Å². The van der Waals surface area contributed by atoms with Crippen molar-refractivity contribution in [1.29, 1.82) is 0 Å². The van der Waals surface area contributed by atoms with Gasteiger partial charge in [-0.3, -0.25) is 0 Å². The first-order valence-electron chi connectivity index (χ1n) is 9.97. The number of nitrogens with one attached hydrogen (secondary N) is 1. The van der Waals surface area contributed by atoms with E-state index in [-0.39, 0.29) is 12.1 Å². The Morgan fingerprint density at radius 3 is 2.79 bits per heavy atom. The smallest absolute Gasteiger partial charge is 0.348 e. The van der Waals surface area contributed by atoms with Crippen LogP contribution in [0.2, 0.25) is 0 Å². The molecule has 4 rings (SSSR count). The Hall–Kier alpha value is -2.47. The summed E-state index contributed by atoms with van der Waals surface area (Å²) in [6, 6.07) is 8.20. The first-order valence-corrected chi connectivity index (χ1v) is 10.8. The molecule has 0 atom stereocenters. The fourth-order valence-corrected chi connectivity index (χ4v) is 4.86. The highest BCUT2D eigenvalue weighted by Crippen LogP contribution is 2.36. The van der Waals surface area contributed by atoms with E-state index in [1.54, 1.807) is 6.33 Å². The second-order valence-electron chi connectivity index (χ2n) is 7.26. The fourth-order valence-electron chi connectivity index (χ4n) is 3.83. The normalized spacial score (nSPS) is 14.9. The molecule has 1 aliphatic carbocycles. The van der Waals surface area contributed by atoms with Gasteiger partial charge in [0.25, 0.3) is 0 Å². The highest BCUT2D eigenvalue weighted by atomic mass is 32.1. The van der Waals surface area contributed by atoms with Gasteiger partial charge in [-0.15, -0.1) is 11.3 Å². The van der Waals surface area contributed by atoms with Gasteiger partial charge in [0.05, 0.1) is 5.39 Å². The van der Waals surface area contributed by atoms with Crippen molar-refractivity contribution in [2.24, 2.45) is 0 Å². The minimum Gasteiger partial charge on any atom is -0.458 e. The number of hydrogen-bond acceptors (Lipinski definition) is 6. The number of carbonyl (C=O) groups excluding carboxylic acids is 1. The van der Waals surface area contributed by atoms with Gasteiger partial charge < -0.3 is 10.1 Å². The Morgan fingerprint density at radius 2 is 2.00 bits per heavy atom. The molecule has 3 aromatic rings. The molecule has 28 heavy (non-hydrogen) atoms. The molecule has 2 aromatic heterocycles. The lowest BCUT2D eigenvalue weighted by Crippen LogP contribution is -2.20. The predicted octanol–water partition coefficient (Wildman–Crippen LogP) is 5.80. The van der Waals surface area contributed by atoms with Crippen molar-refractivity contribution in [3.8, 4) is 0 Å². The lowest BCUT2D eigenvalue weighted by atomic mass is 9.98. The van der Waals surface area contributed by atoms with E-state index < -0.39 is 0 Å². The maximum Gasteiger partial charge on any atom is 0.348 e. The topological polar surface area (TPSA) is 64.1 Å². The molecule has 0 unspecified atom stereocenters. The van der Waals surface area contributed by atoms with Gasteiger partial charge in [-0.1, -0.05) is 31.5 Å². The van der Waals surface area contributed by atoms with E-state index >= 15 is 0 Å².